The number of hydrogen-bond donors (Lipinski definition) is 0. The molecule has 0 aliphatic heterocycles. The Labute approximate surface area is 169 Å². The van der Waals surface area contributed by atoms with Crippen LogP contribution in [0.15, 0.2) is 41.3 Å². The smallest absolute Gasteiger partial charge is 0.343 e. The summed E-state index contributed by atoms with van der Waals surface area (Å²) in [5.74, 6) is -0.941. The molecular weight excluding hydrogens is 400 g/mol. The number of rotatable bonds is 8. The van der Waals surface area contributed by atoms with Crippen molar-refractivity contribution >= 4 is 21.7 Å². The van der Waals surface area contributed by atoms with Crippen LogP contribution in [-0.4, -0.2) is 43.8 Å². The Bertz CT molecular complexity index is 1030. The third-order valence-electron chi connectivity index (χ3n) is 4.31. The lowest BCUT2D eigenvalue weighted by molar-refractivity contribution is -0.385. The molecular formula is C19H22N2O7S. The van der Waals surface area contributed by atoms with Crippen LogP contribution in [0.25, 0.3) is 0 Å². The lowest BCUT2D eigenvalue weighted by Gasteiger charge is -2.20. The van der Waals surface area contributed by atoms with Crippen LogP contribution in [0.2, 0.25) is 0 Å². The molecule has 2 rings (SSSR count). The van der Waals surface area contributed by atoms with Crippen LogP contribution in [0, 0.1) is 17.0 Å². The first-order chi connectivity index (χ1) is 13.6. The number of nitro groups is 1. The lowest BCUT2D eigenvalue weighted by atomic mass is 10.1. The third-order valence-corrected chi connectivity index (χ3v) is 6.50. The van der Waals surface area contributed by atoms with E-state index < -0.39 is 26.6 Å². The van der Waals surface area contributed by atoms with Crippen molar-refractivity contribution in [3.05, 3.63) is 57.6 Å². The average Bonchev–Trinajstić information content (AvgIpc) is 2.68. The van der Waals surface area contributed by atoms with Crippen LogP contribution >= 0.6 is 0 Å². The third kappa shape index (κ3) is 4.72. The maximum absolute atomic E-state index is 12.8. The summed E-state index contributed by atoms with van der Waals surface area (Å²) < 4.78 is 37.1. The Morgan fingerprint density at radius 3 is 2.34 bits per heavy atom. The van der Waals surface area contributed by atoms with Gasteiger partial charge in [0.15, 0.2) is 0 Å². The molecule has 0 saturated carbocycles. The van der Waals surface area contributed by atoms with Gasteiger partial charge >= 0.3 is 11.7 Å². The standard InChI is InChI=1S/C19H22N2O7S/c1-5-20(6-2)29(25,26)18-11-14(8-7-13(18)3)19(22)28-17-10-9-15(27-4)12-16(17)21(23)24/h7-12H,5-6H2,1-4H3. The van der Waals surface area contributed by atoms with E-state index in [1.165, 1.54) is 41.7 Å². The van der Waals surface area contributed by atoms with Crippen molar-refractivity contribution < 1.29 is 27.6 Å². The Balaban J connectivity index is 2.42. The summed E-state index contributed by atoms with van der Waals surface area (Å²) >= 11 is 0. The topological polar surface area (TPSA) is 116 Å². The maximum Gasteiger partial charge on any atom is 0.343 e. The molecule has 0 saturated heterocycles. The monoisotopic (exact) mass is 422 g/mol. The van der Waals surface area contributed by atoms with Crippen molar-refractivity contribution in [1.29, 1.82) is 0 Å². The minimum Gasteiger partial charge on any atom is -0.496 e. The molecule has 0 unspecified atom stereocenters. The molecule has 0 amide bonds. The lowest BCUT2D eigenvalue weighted by Crippen LogP contribution is -2.31. The summed E-state index contributed by atoms with van der Waals surface area (Å²) in [6.45, 7) is 5.63. The number of aryl methyl sites for hydroxylation is 1. The summed E-state index contributed by atoms with van der Waals surface area (Å²) in [4.78, 5) is 23.1. The highest BCUT2D eigenvalue weighted by Gasteiger charge is 2.26. The fourth-order valence-corrected chi connectivity index (χ4v) is 4.43. The number of sulfonamides is 1. The normalized spacial score (nSPS) is 11.3. The van der Waals surface area contributed by atoms with Gasteiger partial charge in [-0.3, -0.25) is 10.1 Å². The zero-order chi connectivity index (χ0) is 21.8. The zero-order valence-electron chi connectivity index (χ0n) is 16.5. The molecule has 0 N–H and O–H groups in total. The first kappa shape index (κ1) is 22.3. The predicted octanol–water partition coefficient (Wildman–Crippen LogP) is 3.16. The SMILES string of the molecule is CCN(CC)S(=O)(=O)c1cc(C(=O)Oc2ccc(OC)cc2[N+](=O)[O-])ccc1C. The van der Waals surface area contributed by atoms with Gasteiger partial charge in [0.25, 0.3) is 0 Å². The molecule has 0 fully saturated rings. The number of nitro benzene ring substituents is 1. The van der Waals surface area contributed by atoms with Crippen molar-refractivity contribution in [3.63, 3.8) is 0 Å². The van der Waals surface area contributed by atoms with Crippen LogP contribution in [0.5, 0.6) is 11.5 Å². The number of benzene rings is 2. The van der Waals surface area contributed by atoms with Gasteiger partial charge in [0.05, 0.1) is 28.6 Å². The second kappa shape index (κ2) is 9.01. The van der Waals surface area contributed by atoms with E-state index in [4.69, 9.17) is 9.47 Å². The van der Waals surface area contributed by atoms with Crippen LogP contribution in [0.4, 0.5) is 5.69 Å². The van der Waals surface area contributed by atoms with Gasteiger partial charge in [0.2, 0.25) is 15.8 Å². The number of carbonyl (C=O) groups excluding carboxylic acids is 1. The van der Waals surface area contributed by atoms with Gasteiger partial charge in [-0.2, -0.15) is 4.31 Å². The Morgan fingerprint density at radius 1 is 1.14 bits per heavy atom. The van der Waals surface area contributed by atoms with E-state index in [-0.39, 0.29) is 35.0 Å². The first-order valence-electron chi connectivity index (χ1n) is 8.81. The minimum absolute atomic E-state index is 0.0140. The predicted molar refractivity (Wildman–Crippen MR) is 106 cm³/mol. The molecule has 0 spiro atoms. The van der Waals surface area contributed by atoms with Gasteiger partial charge in [-0.05, 0) is 36.8 Å². The molecule has 0 atom stereocenters. The molecule has 0 aromatic heterocycles. The summed E-state index contributed by atoms with van der Waals surface area (Å²) in [7, 11) is -2.43. The van der Waals surface area contributed by atoms with E-state index in [2.05, 4.69) is 0 Å². The zero-order valence-corrected chi connectivity index (χ0v) is 17.4. The Hall–Kier alpha value is -2.98. The molecule has 156 valence electrons. The van der Waals surface area contributed by atoms with E-state index in [9.17, 15) is 23.3 Å². The molecule has 2 aromatic rings. The van der Waals surface area contributed by atoms with Crippen LogP contribution < -0.4 is 9.47 Å². The first-order valence-corrected chi connectivity index (χ1v) is 10.2. The second-order valence-electron chi connectivity index (χ2n) is 6.05. The van der Waals surface area contributed by atoms with E-state index in [0.717, 1.165) is 6.07 Å². The molecule has 0 heterocycles. The van der Waals surface area contributed by atoms with Gasteiger partial charge in [0, 0.05) is 13.1 Å². The fraction of sp³-hybridized carbons (Fsp3) is 0.316. The van der Waals surface area contributed by atoms with Crippen molar-refractivity contribution in [2.75, 3.05) is 20.2 Å². The number of methoxy groups -OCH3 is 1. The highest BCUT2D eigenvalue weighted by atomic mass is 32.2. The Morgan fingerprint density at radius 2 is 1.79 bits per heavy atom. The molecule has 0 aliphatic rings. The van der Waals surface area contributed by atoms with Crippen molar-refractivity contribution in [1.82, 2.24) is 4.31 Å². The molecule has 0 bridgehead atoms. The molecule has 9 nitrogen and oxygen atoms in total. The van der Waals surface area contributed by atoms with Gasteiger partial charge in [0.1, 0.15) is 5.75 Å². The van der Waals surface area contributed by atoms with Crippen molar-refractivity contribution in [2.45, 2.75) is 25.7 Å². The highest BCUT2D eigenvalue weighted by Crippen LogP contribution is 2.32. The van der Waals surface area contributed by atoms with Gasteiger partial charge < -0.3 is 9.47 Å². The van der Waals surface area contributed by atoms with Gasteiger partial charge in [-0.1, -0.05) is 19.9 Å². The highest BCUT2D eigenvalue weighted by molar-refractivity contribution is 7.89. The fourth-order valence-electron chi connectivity index (χ4n) is 2.72. The van der Waals surface area contributed by atoms with E-state index in [1.807, 2.05) is 0 Å². The van der Waals surface area contributed by atoms with E-state index in [1.54, 1.807) is 20.8 Å². The number of ether oxygens (including phenoxy) is 2. The summed E-state index contributed by atoms with van der Waals surface area (Å²) in [5, 5.41) is 11.3. The number of nitrogens with zero attached hydrogens (tertiary/aromatic N) is 2. The summed E-state index contributed by atoms with van der Waals surface area (Å²) in [6.07, 6.45) is 0. The van der Waals surface area contributed by atoms with Crippen LogP contribution in [0.3, 0.4) is 0 Å². The Kier molecular flexibility index (Phi) is 6.93. The van der Waals surface area contributed by atoms with Gasteiger partial charge in [-0.15, -0.1) is 0 Å². The average molecular weight is 422 g/mol. The quantitative estimate of drug-likeness (QED) is 0.278. The molecule has 0 aliphatic carbocycles. The van der Waals surface area contributed by atoms with E-state index >= 15 is 0 Å². The van der Waals surface area contributed by atoms with Crippen molar-refractivity contribution in [2.24, 2.45) is 0 Å². The summed E-state index contributed by atoms with van der Waals surface area (Å²) in [6, 6.07) is 7.93. The molecule has 2 aromatic carbocycles. The number of carbonyl (C=O) groups is 1. The van der Waals surface area contributed by atoms with Crippen LogP contribution in [-0.2, 0) is 10.0 Å². The molecule has 10 heteroatoms. The maximum atomic E-state index is 12.8. The molecule has 0 radical (unpaired) electrons. The largest absolute Gasteiger partial charge is 0.496 e. The van der Waals surface area contributed by atoms with Gasteiger partial charge in [-0.25, -0.2) is 13.2 Å². The minimum atomic E-state index is -3.79. The number of esters is 1. The van der Waals surface area contributed by atoms with Crippen LogP contribution in [0.1, 0.15) is 29.8 Å². The number of hydrogen-bond acceptors (Lipinski definition) is 7. The summed E-state index contributed by atoms with van der Waals surface area (Å²) in [5.41, 5.74) is -0.00359. The van der Waals surface area contributed by atoms with E-state index in [0.29, 0.717) is 5.56 Å². The molecule has 29 heavy (non-hydrogen) atoms. The van der Waals surface area contributed by atoms with Crippen molar-refractivity contribution in [3.8, 4) is 11.5 Å². The second-order valence-corrected chi connectivity index (χ2v) is 7.96.